The van der Waals surface area contributed by atoms with Crippen molar-refractivity contribution in [3.63, 3.8) is 0 Å². The molecule has 0 spiro atoms. The summed E-state index contributed by atoms with van der Waals surface area (Å²) in [5.74, 6) is -0.498. The number of hydrogen-bond donors (Lipinski definition) is 0. The van der Waals surface area contributed by atoms with Gasteiger partial charge in [0.05, 0.1) is 13.2 Å². The lowest BCUT2D eigenvalue weighted by Crippen LogP contribution is -2.28. The number of alkyl halides is 3. The molecule has 0 heterocycles. The van der Waals surface area contributed by atoms with Crippen LogP contribution in [0, 0.1) is 0 Å². The van der Waals surface area contributed by atoms with Gasteiger partial charge >= 0.3 is 15.6 Å². The van der Waals surface area contributed by atoms with Crippen LogP contribution in [0.15, 0.2) is 18.2 Å². The van der Waals surface area contributed by atoms with E-state index in [9.17, 15) is 21.6 Å². The first-order valence-electron chi connectivity index (χ1n) is 6.46. The van der Waals surface area contributed by atoms with Gasteiger partial charge in [-0.15, -0.1) is 0 Å². The van der Waals surface area contributed by atoms with Crippen molar-refractivity contribution < 1.29 is 44.7 Å². The highest BCUT2D eigenvalue weighted by atomic mass is 32.2. The van der Waals surface area contributed by atoms with E-state index in [2.05, 4.69) is 13.7 Å². The van der Waals surface area contributed by atoms with E-state index in [1.165, 1.54) is 14.2 Å². The van der Waals surface area contributed by atoms with Crippen molar-refractivity contribution in [1.29, 1.82) is 0 Å². The standard InChI is InChI=1S/C13H17F3O7S/c1-19-8-21-6-10-3-11(7-22-9-20-2)5-12(4-10)23-24(17,18)13(14,15)16/h3-5H,6-9H2,1-2H3. The number of benzene rings is 1. The third kappa shape index (κ3) is 6.61. The Morgan fingerprint density at radius 1 is 0.917 bits per heavy atom. The van der Waals surface area contributed by atoms with Gasteiger partial charge in [-0.05, 0) is 23.3 Å². The van der Waals surface area contributed by atoms with E-state index in [1.807, 2.05) is 0 Å². The number of halogens is 3. The second kappa shape index (κ2) is 9.18. The van der Waals surface area contributed by atoms with Gasteiger partial charge in [-0.1, -0.05) is 6.07 Å². The Morgan fingerprint density at radius 3 is 1.75 bits per heavy atom. The van der Waals surface area contributed by atoms with Crippen LogP contribution in [0.3, 0.4) is 0 Å². The molecule has 1 rings (SSSR count). The minimum Gasteiger partial charge on any atom is -0.376 e. The van der Waals surface area contributed by atoms with E-state index in [0.29, 0.717) is 11.1 Å². The highest BCUT2D eigenvalue weighted by Crippen LogP contribution is 2.28. The average Bonchev–Trinajstić information content (AvgIpc) is 2.46. The molecule has 138 valence electrons. The van der Waals surface area contributed by atoms with Gasteiger partial charge in [-0.2, -0.15) is 21.6 Å². The molecule has 0 bridgehead atoms. The third-order valence-electron chi connectivity index (χ3n) is 2.46. The van der Waals surface area contributed by atoms with Gasteiger partial charge in [0, 0.05) is 14.2 Å². The molecule has 0 aliphatic carbocycles. The Balaban J connectivity index is 2.99. The van der Waals surface area contributed by atoms with Crippen molar-refractivity contribution in [2.75, 3.05) is 27.8 Å². The number of rotatable bonds is 10. The predicted molar refractivity (Wildman–Crippen MR) is 75.4 cm³/mol. The van der Waals surface area contributed by atoms with Crippen molar-refractivity contribution in [2.24, 2.45) is 0 Å². The van der Waals surface area contributed by atoms with Gasteiger partial charge in [0.25, 0.3) is 0 Å². The van der Waals surface area contributed by atoms with E-state index in [-0.39, 0.29) is 26.8 Å². The molecule has 1 aromatic rings. The summed E-state index contributed by atoms with van der Waals surface area (Å²) in [5, 5.41) is 0. The highest BCUT2D eigenvalue weighted by Gasteiger charge is 2.48. The molecule has 0 amide bonds. The largest absolute Gasteiger partial charge is 0.534 e. The maximum absolute atomic E-state index is 12.4. The third-order valence-corrected chi connectivity index (χ3v) is 3.43. The summed E-state index contributed by atoms with van der Waals surface area (Å²) >= 11 is 0. The van der Waals surface area contributed by atoms with Crippen LogP contribution in [0.5, 0.6) is 5.75 Å². The van der Waals surface area contributed by atoms with E-state index in [1.54, 1.807) is 6.07 Å². The van der Waals surface area contributed by atoms with E-state index in [4.69, 9.17) is 9.47 Å². The van der Waals surface area contributed by atoms with E-state index < -0.39 is 21.4 Å². The topological polar surface area (TPSA) is 80.3 Å². The first-order valence-corrected chi connectivity index (χ1v) is 7.87. The number of methoxy groups -OCH3 is 2. The maximum atomic E-state index is 12.4. The Kier molecular flexibility index (Phi) is 7.90. The van der Waals surface area contributed by atoms with Crippen molar-refractivity contribution in [3.05, 3.63) is 29.3 Å². The molecular formula is C13H17F3O7S. The smallest absolute Gasteiger partial charge is 0.376 e. The Bertz CT molecular complexity index is 588. The van der Waals surface area contributed by atoms with Gasteiger partial charge in [-0.3, -0.25) is 0 Å². The van der Waals surface area contributed by atoms with Crippen molar-refractivity contribution in [3.8, 4) is 5.75 Å². The van der Waals surface area contributed by atoms with Gasteiger partial charge in [0.1, 0.15) is 19.3 Å². The molecule has 0 unspecified atom stereocenters. The van der Waals surface area contributed by atoms with E-state index in [0.717, 1.165) is 12.1 Å². The van der Waals surface area contributed by atoms with Crippen LogP contribution in [-0.2, 0) is 42.3 Å². The van der Waals surface area contributed by atoms with Crippen molar-refractivity contribution in [1.82, 2.24) is 0 Å². The van der Waals surface area contributed by atoms with Crippen LogP contribution in [0.2, 0.25) is 0 Å². The zero-order chi connectivity index (χ0) is 18.2. The molecule has 0 aliphatic rings. The first kappa shape index (κ1) is 20.6. The van der Waals surface area contributed by atoms with Crippen LogP contribution in [0.4, 0.5) is 13.2 Å². The van der Waals surface area contributed by atoms with Crippen molar-refractivity contribution in [2.45, 2.75) is 18.7 Å². The van der Waals surface area contributed by atoms with Crippen LogP contribution in [0.25, 0.3) is 0 Å². The predicted octanol–water partition coefficient (Wildman–Crippen LogP) is 2.16. The summed E-state index contributed by atoms with van der Waals surface area (Å²) in [6, 6.07) is 3.82. The van der Waals surface area contributed by atoms with Crippen LogP contribution in [-0.4, -0.2) is 41.7 Å². The van der Waals surface area contributed by atoms with Gasteiger partial charge in [-0.25, -0.2) is 0 Å². The molecule has 0 aromatic heterocycles. The molecule has 7 nitrogen and oxygen atoms in total. The summed E-state index contributed by atoms with van der Waals surface area (Å²) in [6.07, 6.45) is 0. The SMILES string of the molecule is COCOCc1cc(COCOC)cc(OS(=O)(=O)C(F)(F)F)c1. The second-order valence-electron chi connectivity index (χ2n) is 4.48. The average molecular weight is 374 g/mol. The normalized spacial score (nSPS) is 12.4. The quantitative estimate of drug-likeness (QED) is 0.269. The van der Waals surface area contributed by atoms with Crippen LogP contribution < -0.4 is 4.18 Å². The maximum Gasteiger partial charge on any atom is 0.534 e. The molecule has 24 heavy (non-hydrogen) atoms. The summed E-state index contributed by atoms with van der Waals surface area (Å²) in [4.78, 5) is 0. The lowest BCUT2D eigenvalue weighted by Gasteiger charge is -2.13. The van der Waals surface area contributed by atoms with Gasteiger partial charge in [0.2, 0.25) is 0 Å². The fraction of sp³-hybridized carbons (Fsp3) is 0.538. The summed E-state index contributed by atoms with van der Waals surface area (Å²) in [5.41, 5.74) is -4.75. The first-order chi connectivity index (χ1) is 11.2. The van der Waals surface area contributed by atoms with Crippen molar-refractivity contribution >= 4 is 10.1 Å². The fourth-order valence-corrected chi connectivity index (χ4v) is 2.05. The number of hydrogen-bond acceptors (Lipinski definition) is 7. The lowest BCUT2D eigenvalue weighted by atomic mass is 10.1. The highest BCUT2D eigenvalue weighted by molar-refractivity contribution is 7.88. The molecule has 0 saturated heterocycles. The van der Waals surface area contributed by atoms with E-state index >= 15 is 0 Å². The monoisotopic (exact) mass is 374 g/mol. The lowest BCUT2D eigenvalue weighted by molar-refractivity contribution is -0.0500. The summed E-state index contributed by atoms with van der Waals surface area (Å²) in [6.45, 7) is -0.119. The van der Waals surface area contributed by atoms with Crippen LogP contribution >= 0.6 is 0 Å². The van der Waals surface area contributed by atoms with Gasteiger partial charge < -0.3 is 23.1 Å². The second-order valence-corrected chi connectivity index (χ2v) is 6.02. The molecule has 0 N–H and O–H groups in total. The Morgan fingerprint density at radius 2 is 1.38 bits per heavy atom. The minimum atomic E-state index is -5.77. The molecule has 1 aromatic carbocycles. The summed E-state index contributed by atoms with van der Waals surface area (Å²) in [7, 11) is -2.96. The van der Waals surface area contributed by atoms with Gasteiger partial charge in [0.15, 0.2) is 0 Å². The number of ether oxygens (including phenoxy) is 4. The molecular weight excluding hydrogens is 357 g/mol. The summed E-state index contributed by atoms with van der Waals surface area (Å²) < 4.78 is 83.2. The molecule has 0 saturated carbocycles. The molecule has 0 aliphatic heterocycles. The zero-order valence-electron chi connectivity index (χ0n) is 13.0. The zero-order valence-corrected chi connectivity index (χ0v) is 13.8. The Hall–Kier alpha value is -1.40. The minimum absolute atomic E-state index is 0.0195. The molecule has 0 radical (unpaired) electrons. The molecule has 0 fully saturated rings. The Labute approximate surface area is 137 Å². The molecule has 0 atom stereocenters. The molecule has 11 heteroatoms. The van der Waals surface area contributed by atoms with Crippen LogP contribution in [0.1, 0.15) is 11.1 Å². The fourth-order valence-electron chi connectivity index (χ4n) is 1.60.